The molecule has 0 bridgehead atoms. The summed E-state index contributed by atoms with van der Waals surface area (Å²) >= 11 is 0. The van der Waals surface area contributed by atoms with E-state index >= 15 is 0 Å². The van der Waals surface area contributed by atoms with Crippen molar-refractivity contribution in [3.05, 3.63) is 29.8 Å². The van der Waals surface area contributed by atoms with Crippen molar-refractivity contribution in [3.63, 3.8) is 0 Å². The molecule has 0 saturated heterocycles. The van der Waals surface area contributed by atoms with Crippen molar-refractivity contribution in [1.82, 2.24) is 0 Å². The lowest BCUT2D eigenvalue weighted by Crippen LogP contribution is -2.12. The van der Waals surface area contributed by atoms with Crippen LogP contribution in [0.25, 0.3) is 0 Å². The molecule has 0 saturated carbocycles. The van der Waals surface area contributed by atoms with E-state index in [1.54, 1.807) is 5.30 Å². The molecule has 0 aliphatic rings. The summed E-state index contributed by atoms with van der Waals surface area (Å²) in [5.74, 6) is 0. The van der Waals surface area contributed by atoms with Crippen molar-refractivity contribution < 1.29 is 0 Å². The van der Waals surface area contributed by atoms with Gasteiger partial charge in [-0.05, 0) is 18.1 Å². The number of aryl methyl sites for hydroxylation is 1. The molecule has 0 spiro atoms. The second-order valence-corrected chi connectivity index (χ2v) is 8.50. The summed E-state index contributed by atoms with van der Waals surface area (Å²) < 4.78 is 0. The van der Waals surface area contributed by atoms with Crippen LogP contribution >= 0.6 is 7.26 Å². The van der Waals surface area contributed by atoms with Crippen molar-refractivity contribution in [3.8, 4) is 0 Å². The zero-order valence-electron chi connectivity index (χ0n) is 8.46. The summed E-state index contributed by atoms with van der Waals surface area (Å²) in [5.41, 5.74) is 1.53. The Balaban J connectivity index is 3.14. The maximum absolute atomic E-state index is 2.38. The van der Waals surface area contributed by atoms with Gasteiger partial charge in [-0.15, -0.1) is 0 Å². The topological polar surface area (TPSA) is 0 Å². The lowest BCUT2D eigenvalue weighted by molar-refractivity contribution is 1.15. The van der Waals surface area contributed by atoms with E-state index in [4.69, 9.17) is 0 Å². The molecule has 0 aromatic heterocycles. The zero-order chi connectivity index (χ0) is 9.19. The maximum atomic E-state index is 2.38. The van der Waals surface area contributed by atoms with Gasteiger partial charge >= 0.3 is 0 Å². The van der Waals surface area contributed by atoms with E-state index in [0.717, 1.165) is 6.42 Å². The lowest BCUT2D eigenvalue weighted by atomic mass is 10.2. The molecule has 0 amide bonds. The van der Waals surface area contributed by atoms with Crippen LogP contribution in [0.15, 0.2) is 24.3 Å². The van der Waals surface area contributed by atoms with Crippen molar-refractivity contribution in [2.24, 2.45) is 0 Å². The van der Waals surface area contributed by atoms with Crippen LogP contribution in [0.1, 0.15) is 12.5 Å². The highest BCUT2D eigenvalue weighted by atomic mass is 31.2. The molecular weight excluding hydrogens is 163 g/mol. The SMILES string of the molecule is CCc1ccccc1[P+](C)(C)C. The Kier molecular flexibility index (Phi) is 2.90. The molecule has 12 heavy (non-hydrogen) atoms. The van der Waals surface area contributed by atoms with Gasteiger partial charge in [0.05, 0.1) is 25.3 Å². The Hall–Kier alpha value is -0.350. The highest BCUT2D eigenvalue weighted by Gasteiger charge is 2.23. The zero-order valence-corrected chi connectivity index (χ0v) is 9.36. The van der Waals surface area contributed by atoms with Crippen LogP contribution in [0, 0.1) is 0 Å². The predicted octanol–water partition coefficient (Wildman–Crippen LogP) is 2.78. The van der Waals surface area contributed by atoms with Gasteiger partial charge in [-0.1, -0.05) is 25.1 Å². The molecule has 0 heterocycles. The Bertz CT molecular complexity index is 258. The third kappa shape index (κ3) is 2.08. The van der Waals surface area contributed by atoms with Gasteiger partial charge < -0.3 is 0 Å². The van der Waals surface area contributed by atoms with E-state index in [2.05, 4.69) is 51.2 Å². The largest absolute Gasteiger partial charge is 0.0962 e. The molecule has 0 aliphatic heterocycles. The van der Waals surface area contributed by atoms with E-state index in [9.17, 15) is 0 Å². The van der Waals surface area contributed by atoms with Gasteiger partial charge in [-0.2, -0.15) is 0 Å². The van der Waals surface area contributed by atoms with Crippen molar-refractivity contribution >= 4 is 12.6 Å². The first-order valence-electron chi connectivity index (χ1n) is 4.45. The molecule has 0 atom stereocenters. The van der Waals surface area contributed by atoms with Crippen LogP contribution in [0.5, 0.6) is 0 Å². The first kappa shape index (κ1) is 9.74. The van der Waals surface area contributed by atoms with E-state index in [1.165, 1.54) is 5.56 Å². The highest BCUT2D eigenvalue weighted by Crippen LogP contribution is 2.45. The highest BCUT2D eigenvalue weighted by molar-refractivity contribution is 7.81. The van der Waals surface area contributed by atoms with Gasteiger partial charge in [0.1, 0.15) is 0 Å². The summed E-state index contributed by atoms with van der Waals surface area (Å²) in [5, 5.41) is 1.59. The molecule has 1 rings (SSSR count). The summed E-state index contributed by atoms with van der Waals surface area (Å²) in [6.07, 6.45) is 1.16. The average molecular weight is 181 g/mol. The quantitative estimate of drug-likeness (QED) is 0.615. The lowest BCUT2D eigenvalue weighted by Gasteiger charge is -2.14. The third-order valence-corrected chi connectivity index (χ3v) is 3.98. The Morgan fingerprint density at radius 2 is 1.67 bits per heavy atom. The monoisotopic (exact) mass is 181 g/mol. The fourth-order valence-electron chi connectivity index (χ4n) is 1.46. The average Bonchev–Trinajstić information content (AvgIpc) is 2.03. The molecule has 0 fully saturated rings. The maximum Gasteiger partial charge on any atom is 0.0962 e. The van der Waals surface area contributed by atoms with Crippen LogP contribution in [0.2, 0.25) is 0 Å². The molecule has 0 aliphatic carbocycles. The van der Waals surface area contributed by atoms with Gasteiger partial charge in [0.15, 0.2) is 0 Å². The molecule has 0 N–H and O–H groups in total. The van der Waals surface area contributed by atoms with Crippen LogP contribution in [-0.2, 0) is 6.42 Å². The summed E-state index contributed by atoms with van der Waals surface area (Å²) in [4.78, 5) is 0. The minimum absolute atomic E-state index is 0.822. The van der Waals surface area contributed by atoms with Crippen molar-refractivity contribution in [2.75, 3.05) is 20.0 Å². The normalized spacial score (nSPS) is 11.7. The molecule has 1 aromatic rings. The van der Waals surface area contributed by atoms with E-state index in [0.29, 0.717) is 0 Å². The summed E-state index contributed by atoms with van der Waals surface area (Å²) in [6, 6.07) is 8.82. The Morgan fingerprint density at radius 3 is 2.08 bits per heavy atom. The standard InChI is InChI=1S/C11H18P/c1-5-10-8-6-7-9-11(10)12(2,3)4/h6-9H,5H2,1-4H3/q+1. The Morgan fingerprint density at radius 1 is 1.08 bits per heavy atom. The fourth-order valence-corrected chi connectivity index (χ4v) is 3.09. The van der Waals surface area contributed by atoms with Crippen LogP contribution in [-0.4, -0.2) is 20.0 Å². The van der Waals surface area contributed by atoms with Crippen LogP contribution in [0.4, 0.5) is 0 Å². The predicted molar refractivity (Wildman–Crippen MR) is 60.1 cm³/mol. The minimum Gasteiger partial charge on any atom is -0.0617 e. The molecular formula is C11H18P+. The van der Waals surface area contributed by atoms with Crippen LogP contribution in [0.3, 0.4) is 0 Å². The summed E-state index contributed by atoms with van der Waals surface area (Å²) in [7, 11) is -0.822. The molecule has 0 nitrogen and oxygen atoms in total. The second kappa shape index (κ2) is 3.58. The van der Waals surface area contributed by atoms with Crippen LogP contribution < -0.4 is 5.30 Å². The van der Waals surface area contributed by atoms with E-state index in [1.807, 2.05) is 0 Å². The number of rotatable bonds is 2. The molecule has 1 aromatic carbocycles. The number of benzene rings is 1. The third-order valence-electron chi connectivity index (χ3n) is 2.10. The molecule has 1 heteroatoms. The first-order valence-corrected chi connectivity index (χ1v) is 7.58. The van der Waals surface area contributed by atoms with Gasteiger partial charge in [0, 0.05) is 7.26 Å². The van der Waals surface area contributed by atoms with E-state index in [-0.39, 0.29) is 0 Å². The summed E-state index contributed by atoms with van der Waals surface area (Å²) in [6.45, 7) is 9.36. The number of hydrogen-bond acceptors (Lipinski definition) is 0. The Labute approximate surface area is 76.3 Å². The molecule has 0 radical (unpaired) electrons. The van der Waals surface area contributed by atoms with Gasteiger partial charge in [0.25, 0.3) is 0 Å². The first-order chi connectivity index (χ1) is 5.55. The fraction of sp³-hybridized carbons (Fsp3) is 0.455. The minimum atomic E-state index is -0.822. The second-order valence-electron chi connectivity index (χ2n) is 3.99. The van der Waals surface area contributed by atoms with Crippen molar-refractivity contribution in [2.45, 2.75) is 13.3 Å². The van der Waals surface area contributed by atoms with Crippen molar-refractivity contribution in [1.29, 1.82) is 0 Å². The van der Waals surface area contributed by atoms with Gasteiger partial charge in [-0.3, -0.25) is 0 Å². The number of hydrogen-bond donors (Lipinski definition) is 0. The van der Waals surface area contributed by atoms with Gasteiger partial charge in [0.2, 0.25) is 0 Å². The van der Waals surface area contributed by atoms with Gasteiger partial charge in [-0.25, -0.2) is 0 Å². The molecule has 66 valence electrons. The smallest absolute Gasteiger partial charge is 0.0617 e. The molecule has 0 unspecified atom stereocenters. The van der Waals surface area contributed by atoms with E-state index < -0.39 is 7.26 Å².